The number of hydrogen-bond acceptors (Lipinski definition) is 2. The van der Waals surface area contributed by atoms with Crippen LogP contribution in [0.4, 0.5) is 5.69 Å². The van der Waals surface area contributed by atoms with Crippen LogP contribution in [0, 0.1) is 0 Å². The Bertz CT molecular complexity index is 959. The largest absolute Gasteiger partial charge is 0.387 e. The first-order chi connectivity index (χ1) is 10.9. The van der Waals surface area contributed by atoms with Crippen molar-refractivity contribution in [1.29, 1.82) is 0 Å². The molecule has 0 spiro atoms. The molecule has 2 heteroatoms. The molecule has 4 aromatic rings. The van der Waals surface area contributed by atoms with E-state index in [0.29, 0.717) is 0 Å². The second-order valence-corrected chi connectivity index (χ2v) is 5.35. The molecule has 0 saturated heterocycles. The van der Waals surface area contributed by atoms with E-state index in [1.165, 1.54) is 11.1 Å². The summed E-state index contributed by atoms with van der Waals surface area (Å²) in [5.41, 5.74) is 5.61. The Morgan fingerprint density at radius 3 is 2.23 bits per heavy atom. The van der Waals surface area contributed by atoms with Crippen LogP contribution in [0.3, 0.4) is 0 Å². The monoisotopic (exact) mass is 284 g/mol. The molecule has 0 radical (unpaired) electrons. The maximum absolute atomic E-state index is 4.78. The molecule has 0 aliphatic rings. The lowest BCUT2D eigenvalue weighted by molar-refractivity contribution is 1.47. The van der Waals surface area contributed by atoms with E-state index in [-0.39, 0.29) is 0 Å². The summed E-state index contributed by atoms with van der Waals surface area (Å²) >= 11 is 0. The first-order valence-corrected chi connectivity index (χ1v) is 7.42. The molecule has 4 rings (SSSR count). The summed E-state index contributed by atoms with van der Waals surface area (Å²) in [6.45, 7) is 0. The van der Waals surface area contributed by atoms with Gasteiger partial charge in [0.1, 0.15) is 0 Å². The van der Waals surface area contributed by atoms with E-state index in [1.54, 1.807) is 0 Å². The number of hydrogen-bond donors (Lipinski definition) is 1. The molecule has 0 amide bonds. The van der Waals surface area contributed by atoms with Crippen LogP contribution in [0.5, 0.6) is 0 Å². The standard InChI is InChI=1S/C20H16N2/c1-21-20-16-9-5-6-10-18(16)22-19-12-11-15(13-17(19)20)14-7-3-2-4-8-14/h2-13H,1H3,(H,21,22). The highest BCUT2D eigenvalue weighted by Gasteiger charge is 2.08. The minimum Gasteiger partial charge on any atom is -0.387 e. The summed E-state index contributed by atoms with van der Waals surface area (Å²) in [5.74, 6) is 0. The fourth-order valence-corrected chi connectivity index (χ4v) is 2.97. The van der Waals surface area contributed by atoms with Crippen LogP contribution >= 0.6 is 0 Å². The van der Waals surface area contributed by atoms with Crippen molar-refractivity contribution in [3.8, 4) is 11.1 Å². The van der Waals surface area contributed by atoms with Crippen molar-refractivity contribution in [3.05, 3.63) is 72.8 Å². The highest BCUT2D eigenvalue weighted by molar-refractivity contribution is 6.08. The number of rotatable bonds is 2. The quantitative estimate of drug-likeness (QED) is 0.518. The normalized spacial score (nSPS) is 11.0. The molecule has 0 aliphatic heterocycles. The van der Waals surface area contributed by atoms with Crippen molar-refractivity contribution in [1.82, 2.24) is 4.98 Å². The molecule has 1 heterocycles. The fourth-order valence-electron chi connectivity index (χ4n) is 2.97. The van der Waals surface area contributed by atoms with Crippen LogP contribution in [-0.4, -0.2) is 12.0 Å². The van der Waals surface area contributed by atoms with Crippen molar-refractivity contribution in [2.75, 3.05) is 12.4 Å². The van der Waals surface area contributed by atoms with Crippen molar-refractivity contribution in [2.24, 2.45) is 0 Å². The maximum Gasteiger partial charge on any atom is 0.0730 e. The second kappa shape index (κ2) is 5.15. The van der Waals surface area contributed by atoms with Crippen LogP contribution in [0.2, 0.25) is 0 Å². The molecular formula is C20H16N2. The summed E-state index contributed by atoms with van der Waals surface area (Å²) < 4.78 is 0. The van der Waals surface area contributed by atoms with Gasteiger partial charge < -0.3 is 5.32 Å². The van der Waals surface area contributed by atoms with E-state index in [1.807, 2.05) is 19.2 Å². The average molecular weight is 284 g/mol. The maximum atomic E-state index is 4.78. The molecule has 1 aromatic heterocycles. The molecule has 3 aromatic carbocycles. The lowest BCUT2D eigenvalue weighted by Crippen LogP contribution is -1.94. The highest BCUT2D eigenvalue weighted by atomic mass is 14.8. The molecule has 106 valence electrons. The minimum absolute atomic E-state index is 1.02. The molecule has 2 nitrogen and oxygen atoms in total. The number of para-hydroxylation sites is 1. The van der Waals surface area contributed by atoms with E-state index in [9.17, 15) is 0 Å². The smallest absolute Gasteiger partial charge is 0.0730 e. The molecular weight excluding hydrogens is 268 g/mol. The Balaban J connectivity index is 2.05. The Kier molecular flexibility index (Phi) is 3.01. The van der Waals surface area contributed by atoms with Gasteiger partial charge in [0.05, 0.1) is 16.7 Å². The highest BCUT2D eigenvalue weighted by Crippen LogP contribution is 2.33. The Labute approximate surface area is 129 Å². The zero-order chi connectivity index (χ0) is 14.9. The average Bonchev–Trinajstić information content (AvgIpc) is 2.60. The van der Waals surface area contributed by atoms with E-state index >= 15 is 0 Å². The van der Waals surface area contributed by atoms with Crippen LogP contribution in [0.15, 0.2) is 72.8 Å². The lowest BCUT2D eigenvalue weighted by Gasteiger charge is -2.11. The third-order valence-electron chi connectivity index (χ3n) is 4.04. The molecule has 0 aliphatic carbocycles. The Morgan fingerprint density at radius 2 is 1.41 bits per heavy atom. The van der Waals surface area contributed by atoms with Crippen molar-refractivity contribution in [3.63, 3.8) is 0 Å². The third kappa shape index (κ3) is 2.01. The summed E-state index contributed by atoms with van der Waals surface area (Å²) in [5, 5.41) is 5.66. The number of anilines is 1. The molecule has 22 heavy (non-hydrogen) atoms. The van der Waals surface area contributed by atoms with Gasteiger partial charge in [-0.25, -0.2) is 4.98 Å². The predicted molar refractivity (Wildman–Crippen MR) is 94.2 cm³/mol. The van der Waals surface area contributed by atoms with Gasteiger partial charge in [-0.05, 0) is 29.3 Å². The van der Waals surface area contributed by atoms with Gasteiger partial charge in [-0.15, -0.1) is 0 Å². The van der Waals surface area contributed by atoms with E-state index < -0.39 is 0 Å². The molecule has 1 N–H and O–H groups in total. The van der Waals surface area contributed by atoms with Gasteiger partial charge >= 0.3 is 0 Å². The molecule has 0 fully saturated rings. The molecule has 0 bridgehead atoms. The number of pyridine rings is 1. The van der Waals surface area contributed by atoms with Crippen LogP contribution < -0.4 is 5.32 Å². The zero-order valence-electron chi connectivity index (χ0n) is 12.4. The van der Waals surface area contributed by atoms with Gasteiger partial charge in [0.15, 0.2) is 0 Å². The van der Waals surface area contributed by atoms with Gasteiger partial charge in [0.25, 0.3) is 0 Å². The predicted octanol–water partition coefficient (Wildman–Crippen LogP) is 5.10. The summed E-state index contributed by atoms with van der Waals surface area (Å²) in [6, 6.07) is 25.1. The zero-order valence-corrected chi connectivity index (χ0v) is 12.4. The van der Waals surface area contributed by atoms with Gasteiger partial charge in [-0.2, -0.15) is 0 Å². The molecule has 0 unspecified atom stereocenters. The molecule has 0 saturated carbocycles. The van der Waals surface area contributed by atoms with Gasteiger partial charge in [-0.3, -0.25) is 0 Å². The first-order valence-electron chi connectivity index (χ1n) is 7.42. The number of benzene rings is 3. The minimum atomic E-state index is 1.02. The second-order valence-electron chi connectivity index (χ2n) is 5.35. The summed E-state index contributed by atoms with van der Waals surface area (Å²) in [7, 11) is 1.97. The first kappa shape index (κ1) is 12.8. The third-order valence-corrected chi connectivity index (χ3v) is 4.04. The van der Waals surface area contributed by atoms with Crippen LogP contribution in [0.25, 0.3) is 32.9 Å². The topological polar surface area (TPSA) is 24.9 Å². The summed E-state index contributed by atoms with van der Waals surface area (Å²) in [4.78, 5) is 4.78. The Morgan fingerprint density at radius 1 is 0.682 bits per heavy atom. The number of aromatic nitrogens is 1. The van der Waals surface area contributed by atoms with Gasteiger partial charge in [-0.1, -0.05) is 54.6 Å². The lowest BCUT2D eigenvalue weighted by atomic mass is 10.0. The Hall–Kier alpha value is -2.87. The van der Waals surface area contributed by atoms with Crippen molar-refractivity contribution < 1.29 is 0 Å². The van der Waals surface area contributed by atoms with E-state index in [2.05, 4.69) is 66.0 Å². The van der Waals surface area contributed by atoms with Crippen LogP contribution in [-0.2, 0) is 0 Å². The number of nitrogens with one attached hydrogen (secondary N) is 1. The van der Waals surface area contributed by atoms with Gasteiger partial charge in [0, 0.05) is 17.8 Å². The van der Waals surface area contributed by atoms with Crippen LogP contribution in [0.1, 0.15) is 0 Å². The van der Waals surface area contributed by atoms with E-state index in [4.69, 9.17) is 4.98 Å². The number of nitrogens with zero attached hydrogens (tertiary/aromatic N) is 1. The summed E-state index contributed by atoms with van der Waals surface area (Å²) in [6.07, 6.45) is 0. The fraction of sp³-hybridized carbons (Fsp3) is 0.0500. The van der Waals surface area contributed by atoms with Crippen molar-refractivity contribution in [2.45, 2.75) is 0 Å². The SMILES string of the molecule is CNc1c2ccccc2nc2ccc(-c3ccccc3)cc12. The van der Waals surface area contributed by atoms with E-state index in [0.717, 1.165) is 27.5 Å². The van der Waals surface area contributed by atoms with Gasteiger partial charge in [0.2, 0.25) is 0 Å². The number of fused-ring (bicyclic) bond motifs is 2. The van der Waals surface area contributed by atoms with Crippen molar-refractivity contribution >= 4 is 27.5 Å². The molecule has 0 atom stereocenters.